The average molecular weight is 416 g/mol. The van der Waals surface area contributed by atoms with Gasteiger partial charge in [-0.25, -0.2) is 9.37 Å². The van der Waals surface area contributed by atoms with Gasteiger partial charge in [0.25, 0.3) is 5.91 Å². The fraction of sp³-hybridized carbons (Fsp3) is 0.350. The molecule has 2 aromatic heterocycles. The van der Waals surface area contributed by atoms with Crippen LogP contribution in [0.2, 0.25) is 5.02 Å². The van der Waals surface area contributed by atoms with E-state index in [2.05, 4.69) is 20.7 Å². The van der Waals surface area contributed by atoms with Crippen LogP contribution in [-0.2, 0) is 11.8 Å². The molecule has 9 heteroatoms. The molecule has 2 bridgehead atoms. The lowest BCUT2D eigenvalue weighted by molar-refractivity contribution is -0.135. The molecule has 0 atom stereocenters. The summed E-state index contributed by atoms with van der Waals surface area (Å²) in [6, 6.07) is 5.99. The lowest BCUT2D eigenvalue weighted by Gasteiger charge is -2.70. The van der Waals surface area contributed by atoms with Crippen LogP contribution >= 0.6 is 11.6 Å². The summed E-state index contributed by atoms with van der Waals surface area (Å²) in [5.74, 6) is 0.298. The molecule has 0 spiro atoms. The number of hydrogen-bond donors (Lipinski definition) is 2. The minimum Gasteiger partial charge on any atom is -0.484 e. The number of fused-ring (bicyclic) bond motifs is 1. The van der Waals surface area contributed by atoms with Gasteiger partial charge >= 0.3 is 0 Å². The standard InChI is InChI=1S/C20H19ClFN5O2/c1-27-7-13-16(26-27)4-5-23-18(13)25-20-9-19(10-20,11-20)24-17(28)8-29-12-2-3-14(21)15(22)6-12/h2-7H,8-11H2,1H3,(H,23,25)(H,24,28). The van der Waals surface area contributed by atoms with Crippen molar-refractivity contribution in [1.29, 1.82) is 0 Å². The third kappa shape index (κ3) is 3.17. The molecule has 2 heterocycles. The van der Waals surface area contributed by atoms with Gasteiger partial charge in [0.1, 0.15) is 17.4 Å². The highest BCUT2D eigenvalue weighted by atomic mass is 35.5. The Hall–Kier alpha value is -2.87. The van der Waals surface area contributed by atoms with E-state index in [1.54, 1.807) is 10.9 Å². The number of aryl methyl sites for hydroxylation is 1. The number of nitrogens with one attached hydrogen (secondary N) is 2. The van der Waals surface area contributed by atoms with Gasteiger partial charge in [-0.3, -0.25) is 9.48 Å². The van der Waals surface area contributed by atoms with Crippen LogP contribution in [0.25, 0.3) is 10.9 Å². The van der Waals surface area contributed by atoms with Crippen LogP contribution < -0.4 is 15.4 Å². The zero-order chi connectivity index (χ0) is 20.2. The van der Waals surface area contributed by atoms with Crippen molar-refractivity contribution in [3.63, 3.8) is 0 Å². The molecule has 1 aromatic carbocycles. The lowest BCUT2D eigenvalue weighted by atomic mass is 9.44. The summed E-state index contributed by atoms with van der Waals surface area (Å²) in [6.45, 7) is -0.167. The van der Waals surface area contributed by atoms with Gasteiger partial charge in [-0.2, -0.15) is 5.10 Å². The van der Waals surface area contributed by atoms with Crippen molar-refractivity contribution in [2.45, 2.75) is 30.3 Å². The quantitative estimate of drug-likeness (QED) is 0.646. The van der Waals surface area contributed by atoms with Crippen LogP contribution in [0.4, 0.5) is 10.2 Å². The molecule has 1 amide bonds. The molecule has 0 aliphatic heterocycles. The Labute approximate surface area is 171 Å². The first-order valence-corrected chi connectivity index (χ1v) is 9.69. The second-order valence-corrected chi connectivity index (χ2v) is 8.43. The van der Waals surface area contributed by atoms with Crippen LogP contribution in [0.15, 0.2) is 36.7 Å². The normalized spacial score (nSPS) is 24.5. The topological polar surface area (TPSA) is 81.1 Å². The van der Waals surface area contributed by atoms with Crippen LogP contribution in [0.5, 0.6) is 5.75 Å². The SMILES string of the molecule is Cn1cc2c(NC34CC(NC(=O)COc5ccc(Cl)c(F)c5)(C3)C4)nccc2n1. The Kier molecular flexibility index (Phi) is 3.96. The second kappa shape index (κ2) is 6.32. The Morgan fingerprint density at radius 2 is 2.10 bits per heavy atom. The monoisotopic (exact) mass is 415 g/mol. The highest BCUT2D eigenvalue weighted by Gasteiger charge is 2.69. The van der Waals surface area contributed by atoms with Gasteiger partial charge in [-0.05, 0) is 37.5 Å². The highest BCUT2D eigenvalue weighted by Crippen LogP contribution is 2.61. The Balaban J connectivity index is 1.16. The van der Waals surface area contributed by atoms with E-state index >= 15 is 0 Å². The van der Waals surface area contributed by atoms with Crippen molar-refractivity contribution >= 4 is 34.2 Å². The number of carbonyl (C=O) groups excluding carboxylic acids is 1. The number of halogens is 2. The number of benzene rings is 1. The molecule has 3 aliphatic carbocycles. The summed E-state index contributed by atoms with van der Waals surface area (Å²) in [5, 5.41) is 12.0. The second-order valence-electron chi connectivity index (χ2n) is 8.02. The number of aromatic nitrogens is 3. The van der Waals surface area contributed by atoms with E-state index < -0.39 is 5.82 Å². The van der Waals surface area contributed by atoms with Crippen molar-refractivity contribution < 1.29 is 13.9 Å². The zero-order valence-electron chi connectivity index (χ0n) is 15.7. The maximum atomic E-state index is 13.4. The summed E-state index contributed by atoms with van der Waals surface area (Å²) in [7, 11) is 1.88. The largest absolute Gasteiger partial charge is 0.484 e. The number of rotatable bonds is 6. The molecule has 0 saturated heterocycles. The minimum atomic E-state index is -0.575. The molecule has 150 valence electrons. The van der Waals surface area contributed by atoms with Crippen molar-refractivity contribution in [2.75, 3.05) is 11.9 Å². The first kappa shape index (κ1) is 18.2. The summed E-state index contributed by atoms with van der Waals surface area (Å²) in [4.78, 5) is 16.7. The number of amides is 1. The Morgan fingerprint density at radius 1 is 1.31 bits per heavy atom. The summed E-state index contributed by atoms with van der Waals surface area (Å²) < 4.78 is 20.6. The molecule has 3 aliphatic rings. The Bertz CT molecular complexity index is 1110. The molecule has 3 saturated carbocycles. The maximum Gasteiger partial charge on any atom is 0.258 e. The first-order chi connectivity index (χ1) is 13.9. The number of ether oxygens (including phenoxy) is 1. The van der Waals surface area contributed by atoms with Gasteiger partial charge < -0.3 is 15.4 Å². The van der Waals surface area contributed by atoms with Gasteiger partial charge in [0, 0.05) is 36.6 Å². The summed E-state index contributed by atoms with van der Waals surface area (Å²) >= 11 is 5.64. The Morgan fingerprint density at radius 3 is 2.86 bits per heavy atom. The minimum absolute atomic E-state index is 0.0185. The lowest BCUT2D eigenvalue weighted by Crippen LogP contribution is -2.81. The first-order valence-electron chi connectivity index (χ1n) is 9.31. The van der Waals surface area contributed by atoms with Crippen LogP contribution in [-0.4, -0.2) is 38.4 Å². The van der Waals surface area contributed by atoms with Crippen LogP contribution in [0.1, 0.15) is 19.3 Å². The molecule has 7 nitrogen and oxygen atoms in total. The average Bonchev–Trinajstić information content (AvgIpc) is 3.01. The number of pyridine rings is 1. The number of anilines is 1. The number of nitrogens with zero attached hydrogens (tertiary/aromatic N) is 3. The van der Waals surface area contributed by atoms with Gasteiger partial charge in [-0.15, -0.1) is 0 Å². The summed E-state index contributed by atoms with van der Waals surface area (Å²) in [6.07, 6.45) is 6.20. The molecule has 0 unspecified atom stereocenters. The van der Waals surface area contributed by atoms with Crippen molar-refractivity contribution in [3.05, 3.63) is 47.5 Å². The van der Waals surface area contributed by atoms with Gasteiger partial charge in [-0.1, -0.05) is 11.6 Å². The van der Waals surface area contributed by atoms with Gasteiger partial charge in [0.05, 0.1) is 15.9 Å². The summed E-state index contributed by atoms with van der Waals surface area (Å²) in [5.41, 5.74) is 0.668. The van der Waals surface area contributed by atoms with Crippen LogP contribution in [0, 0.1) is 5.82 Å². The number of hydrogen-bond acceptors (Lipinski definition) is 5. The molecule has 29 heavy (non-hydrogen) atoms. The molecule has 3 fully saturated rings. The molecule has 3 aromatic rings. The van der Waals surface area contributed by atoms with E-state index in [1.807, 2.05) is 19.3 Å². The number of carbonyl (C=O) groups is 1. The predicted octanol–water partition coefficient (Wildman–Crippen LogP) is 3.04. The van der Waals surface area contributed by atoms with E-state index in [4.69, 9.17) is 16.3 Å². The van der Waals surface area contributed by atoms with E-state index in [-0.39, 0.29) is 34.4 Å². The molecule has 6 rings (SSSR count). The molecular formula is C20H19ClFN5O2. The smallest absolute Gasteiger partial charge is 0.258 e. The molecule has 2 N–H and O–H groups in total. The van der Waals surface area contributed by atoms with Crippen molar-refractivity contribution in [1.82, 2.24) is 20.1 Å². The van der Waals surface area contributed by atoms with E-state index in [1.165, 1.54) is 18.2 Å². The van der Waals surface area contributed by atoms with E-state index in [0.29, 0.717) is 0 Å². The van der Waals surface area contributed by atoms with Gasteiger partial charge in [0.2, 0.25) is 0 Å². The van der Waals surface area contributed by atoms with Gasteiger partial charge in [0.15, 0.2) is 6.61 Å². The fourth-order valence-corrected chi connectivity index (χ4v) is 4.63. The molecular weight excluding hydrogens is 397 g/mol. The third-order valence-electron chi connectivity index (χ3n) is 5.63. The van der Waals surface area contributed by atoms with E-state index in [0.717, 1.165) is 36.0 Å². The zero-order valence-corrected chi connectivity index (χ0v) is 16.5. The third-order valence-corrected chi connectivity index (χ3v) is 5.93. The van der Waals surface area contributed by atoms with Crippen LogP contribution in [0.3, 0.4) is 0 Å². The van der Waals surface area contributed by atoms with Crippen molar-refractivity contribution in [3.8, 4) is 5.75 Å². The molecule has 0 radical (unpaired) electrons. The maximum absolute atomic E-state index is 13.4. The predicted molar refractivity (Wildman–Crippen MR) is 106 cm³/mol. The van der Waals surface area contributed by atoms with E-state index in [9.17, 15) is 9.18 Å². The highest BCUT2D eigenvalue weighted by molar-refractivity contribution is 6.30. The van der Waals surface area contributed by atoms with Crippen molar-refractivity contribution in [2.24, 2.45) is 7.05 Å². The fourth-order valence-electron chi connectivity index (χ4n) is 4.51.